The minimum Gasteiger partial charge on any atom is -0.497 e. The number of nitrogens with zero attached hydrogens (tertiary/aromatic N) is 2. The maximum absolute atomic E-state index is 12.3. The van der Waals surface area contributed by atoms with Gasteiger partial charge in [-0.2, -0.15) is 0 Å². The van der Waals surface area contributed by atoms with Crippen LogP contribution in [0.2, 0.25) is 0 Å². The van der Waals surface area contributed by atoms with Crippen LogP contribution in [0.4, 0.5) is 0 Å². The molecule has 6 nitrogen and oxygen atoms in total. The molecule has 2 unspecified atom stereocenters. The normalized spacial score (nSPS) is 18.9. The molecule has 28 heavy (non-hydrogen) atoms. The van der Waals surface area contributed by atoms with Crippen LogP contribution in [0.3, 0.4) is 0 Å². The Morgan fingerprint density at radius 2 is 1.89 bits per heavy atom. The number of methoxy groups -OCH3 is 2. The molecule has 1 saturated heterocycles. The van der Waals surface area contributed by atoms with Gasteiger partial charge in [-0.25, -0.2) is 0 Å². The highest BCUT2D eigenvalue weighted by Crippen LogP contribution is 2.32. The average molecular weight is 410 g/mol. The zero-order chi connectivity index (χ0) is 20.7. The molecule has 0 aliphatic carbocycles. The highest BCUT2D eigenvalue weighted by molar-refractivity contribution is 7.86. The highest BCUT2D eigenvalue weighted by atomic mass is 32.2. The van der Waals surface area contributed by atoms with Crippen LogP contribution in [0, 0.1) is 0 Å². The van der Waals surface area contributed by atoms with Crippen LogP contribution in [-0.4, -0.2) is 66.0 Å². The van der Waals surface area contributed by atoms with E-state index in [2.05, 4.69) is 29.3 Å². The average Bonchev–Trinajstić information content (AvgIpc) is 3.16. The first-order valence-corrected chi connectivity index (χ1v) is 11.2. The van der Waals surface area contributed by atoms with Crippen molar-refractivity contribution in [3.05, 3.63) is 23.8 Å². The second-order valence-electron chi connectivity index (χ2n) is 7.98. The smallest absolute Gasteiger partial charge is 0.193 e. The van der Waals surface area contributed by atoms with Crippen LogP contribution < -0.4 is 14.8 Å². The van der Waals surface area contributed by atoms with Crippen molar-refractivity contribution in [1.82, 2.24) is 10.2 Å². The number of benzene rings is 1. The third-order valence-electron chi connectivity index (χ3n) is 4.89. The van der Waals surface area contributed by atoms with Crippen molar-refractivity contribution < 1.29 is 13.7 Å². The predicted octanol–water partition coefficient (Wildman–Crippen LogP) is 3.01. The summed E-state index contributed by atoms with van der Waals surface area (Å²) in [5.74, 6) is 3.53. The molecule has 1 aliphatic heterocycles. The van der Waals surface area contributed by atoms with Crippen LogP contribution in [0.1, 0.15) is 45.6 Å². The summed E-state index contributed by atoms with van der Waals surface area (Å²) in [6.45, 7) is 11.3. The lowest BCUT2D eigenvalue weighted by atomic mass is 9.98. The molecule has 1 aliphatic rings. The molecule has 0 radical (unpaired) electrons. The fraction of sp³-hybridized carbons (Fsp3) is 0.667. The molecule has 1 aromatic carbocycles. The van der Waals surface area contributed by atoms with E-state index in [1.165, 1.54) is 5.56 Å². The van der Waals surface area contributed by atoms with E-state index in [0.29, 0.717) is 18.2 Å². The maximum atomic E-state index is 12.3. The van der Waals surface area contributed by atoms with Gasteiger partial charge in [0.05, 0.1) is 20.8 Å². The molecule has 0 amide bonds. The molecule has 158 valence electrons. The highest BCUT2D eigenvalue weighted by Gasteiger charge is 2.27. The third kappa shape index (κ3) is 6.12. The minimum absolute atomic E-state index is 0.196. The standard InChI is InChI=1S/C21H35N3O3S/c1-7-22-20(23-9-11-28(25)21(2,3)4)24-10-8-16(15-24)17-12-18(26-5)14-19(13-17)27-6/h12-14,16H,7-11,15H2,1-6H3,(H,22,23). The Morgan fingerprint density at radius 1 is 1.25 bits per heavy atom. The first-order chi connectivity index (χ1) is 13.3. The van der Waals surface area contributed by atoms with E-state index in [0.717, 1.165) is 43.5 Å². The summed E-state index contributed by atoms with van der Waals surface area (Å²) in [5, 5.41) is 3.38. The Kier molecular flexibility index (Phi) is 8.16. The summed E-state index contributed by atoms with van der Waals surface area (Å²) in [4.78, 5) is 7.03. The Morgan fingerprint density at radius 3 is 2.43 bits per heavy atom. The van der Waals surface area contributed by atoms with Gasteiger partial charge in [0, 0.05) is 52.9 Å². The summed E-state index contributed by atoms with van der Waals surface area (Å²) >= 11 is 0. The van der Waals surface area contributed by atoms with E-state index >= 15 is 0 Å². The zero-order valence-corrected chi connectivity index (χ0v) is 18.9. The second-order valence-corrected chi connectivity index (χ2v) is 10.3. The van der Waals surface area contributed by atoms with E-state index in [4.69, 9.17) is 14.5 Å². The van der Waals surface area contributed by atoms with Gasteiger partial charge >= 0.3 is 0 Å². The number of nitrogens with one attached hydrogen (secondary N) is 1. The van der Waals surface area contributed by atoms with Crippen molar-refractivity contribution in [3.63, 3.8) is 0 Å². The molecule has 0 aromatic heterocycles. The third-order valence-corrected chi connectivity index (χ3v) is 6.81. The number of aliphatic imine (C=N–C) groups is 1. The Hall–Kier alpha value is -1.76. The molecule has 1 fully saturated rings. The van der Waals surface area contributed by atoms with E-state index in [1.54, 1.807) is 14.2 Å². The van der Waals surface area contributed by atoms with Gasteiger partial charge in [0.25, 0.3) is 0 Å². The van der Waals surface area contributed by atoms with E-state index in [1.807, 2.05) is 26.8 Å². The van der Waals surface area contributed by atoms with Crippen molar-refractivity contribution >= 4 is 16.8 Å². The van der Waals surface area contributed by atoms with E-state index in [-0.39, 0.29) is 4.75 Å². The van der Waals surface area contributed by atoms with Gasteiger partial charge in [-0.3, -0.25) is 9.20 Å². The van der Waals surface area contributed by atoms with Crippen LogP contribution in [-0.2, 0) is 10.8 Å². The zero-order valence-electron chi connectivity index (χ0n) is 18.1. The molecule has 0 saturated carbocycles. The van der Waals surface area contributed by atoms with Crippen LogP contribution in [0.5, 0.6) is 11.5 Å². The molecule has 1 heterocycles. The van der Waals surface area contributed by atoms with Crippen molar-refractivity contribution in [2.45, 2.75) is 44.8 Å². The lowest BCUT2D eigenvalue weighted by Crippen LogP contribution is -2.40. The maximum Gasteiger partial charge on any atom is 0.193 e. The Bertz CT molecular complexity index is 678. The summed E-state index contributed by atoms with van der Waals surface area (Å²) in [7, 11) is 2.47. The molecular formula is C21H35N3O3S. The van der Waals surface area contributed by atoms with Gasteiger partial charge in [0.2, 0.25) is 0 Å². The molecule has 0 spiro atoms. The van der Waals surface area contributed by atoms with E-state index < -0.39 is 10.8 Å². The fourth-order valence-electron chi connectivity index (χ4n) is 3.26. The molecule has 2 rings (SSSR count). The molecule has 7 heteroatoms. The Labute approximate surface area is 172 Å². The van der Waals surface area contributed by atoms with Crippen molar-refractivity contribution in [3.8, 4) is 11.5 Å². The molecule has 1 N–H and O–H groups in total. The summed E-state index contributed by atoms with van der Waals surface area (Å²) < 4.78 is 22.9. The number of rotatable bonds is 7. The molecular weight excluding hydrogens is 374 g/mol. The molecule has 0 bridgehead atoms. The Balaban J connectivity index is 2.06. The SMILES string of the molecule is CCNC(=NCCS(=O)C(C)(C)C)N1CCC(c2cc(OC)cc(OC)c2)C1. The van der Waals surface area contributed by atoms with Gasteiger partial charge in [-0.05, 0) is 51.8 Å². The lowest BCUT2D eigenvalue weighted by molar-refractivity contribution is 0.392. The van der Waals surface area contributed by atoms with Crippen molar-refractivity contribution in [2.75, 3.05) is 46.2 Å². The largest absolute Gasteiger partial charge is 0.497 e. The second kappa shape index (κ2) is 10.1. The van der Waals surface area contributed by atoms with Gasteiger partial charge in [-0.1, -0.05) is 0 Å². The number of ether oxygens (including phenoxy) is 2. The summed E-state index contributed by atoms with van der Waals surface area (Å²) in [6, 6.07) is 6.08. The first kappa shape index (κ1) is 22.5. The molecule has 1 aromatic rings. The van der Waals surface area contributed by atoms with Crippen LogP contribution in [0.25, 0.3) is 0 Å². The fourth-order valence-corrected chi connectivity index (χ4v) is 4.13. The minimum atomic E-state index is -0.885. The summed E-state index contributed by atoms with van der Waals surface area (Å²) in [6.07, 6.45) is 1.05. The quantitative estimate of drug-likeness (QED) is 0.554. The predicted molar refractivity (Wildman–Crippen MR) is 117 cm³/mol. The van der Waals surface area contributed by atoms with Crippen LogP contribution in [0.15, 0.2) is 23.2 Å². The van der Waals surface area contributed by atoms with Gasteiger partial charge in [-0.15, -0.1) is 0 Å². The van der Waals surface area contributed by atoms with Gasteiger partial charge < -0.3 is 19.7 Å². The molecule has 2 atom stereocenters. The number of likely N-dealkylation sites (tertiary alicyclic amines) is 1. The number of hydrogen-bond acceptors (Lipinski definition) is 4. The van der Waals surface area contributed by atoms with Crippen molar-refractivity contribution in [2.24, 2.45) is 4.99 Å². The van der Waals surface area contributed by atoms with E-state index in [9.17, 15) is 4.21 Å². The van der Waals surface area contributed by atoms with Crippen LogP contribution >= 0.6 is 0 Å². The van der Waals surface area contributed by atoms with Gasteiger partial charge in [0.15, 0.2) is 5.96 Å². The first-order valence-electron chi connectivity index (χ1n) is 9.93. The lowest BCUT2D eigenvalue weighted by Gasteiger charge is -2.22. The topological polar surface area (TPSA) is 63.2 Å². The number of guanidine groups is 1. The monoisotopic (exact) mass is 409 g/mol. The number of hydrogen-bond donors (Lipinski definition) is 1. The van der Waals surface area contributed by atoms with Crippen molar-refractivity contribution in [1.29, 1.82) is 0 Å². The summed E-state index contributed by atoms with van der Waals surface area (Å²) in [5.41, 5.74) is 1.23. The van der Waals surface area contributed by atoms with Gasteiger partial charge in [0.1, 0.15) is 11.5 Å².